The molecule has 0 radical (unpaired) electrons. The first-order chi connectivity index (χ1) is 17.8. The molecule has 0 saturated carbocycles. The van der Waals surface area contributed by atoms with Gasteiger partial charge in [-0.2, -0.15) is 0 Å². The lowest BCUT2D eigenvalue weighted by Gasteiger charge is -2.15. The minimum absolute atomic E-state index is 0.0243. The molecule has 206 valence electrons. The van der Waals surface area contributed by atoms with Gasteiger partial charge in [0.05, 0.1) is 18.1 Å². The zero-order chi connectivity index (χ0) is 27.0. The third-order valence-corrected chi connectivity index (χ3v) is 6.16. The molecule has 0 spiro atoms. The minimum Gasteiger partial charge on any atom is -0.491 e. The van der Waals surface area contributed by atoms with Crippen LogP contribution in [-0.4, -0.2) is 19.3 Å². The summed E-state index contributed by atoms with van der Waals surface area (Å²) in [6.45, 7) is 13.3. The summed E-state index contributed by atoms with van der Waals surface area (Å²) >= 11 is 0. The molecule has 0 unspecified atom stereocenters. The number of benzene rings is 1. The van der Waals surface area contributed by atoms with Crippen molar-refractivity contribution in [2.24, 2.45) is 0 Å². The van der Waals surface area contributed by atoms with Crippen LogP contribution in [0.5, 0.6) is 17.2 Å². The van der Waals surface area contributed by atoms with Gasteiger partial charge in [-0.1, -0.05) is 69.1 Å². The zero-order valence-corrected chi connectivity index (χ0v) is 24.0. The Labute approximate surface area is 223 Å². The molecule has 1 heterocycles. The number of rotatable bonds is 18. The van der Waals surface area contributed by atoms with E-state index in [0.717, 1.165) is 31.1 Å². The summed E-state index contributed by atoms with van der Waals surface area (Å²) < 4.78 is 23.6. The minimum atomic E-state index is -0.532. The van der Waals surface area contributed by atoms with Crippen molar-refractivity contribution in [2.75, 3.05) is 13.2 Å². The van der Waals surface area contributed by atoms with Crippen LogP contribution in [-0.2, 0) is 0 Å². The number of ether oxygens (including phenoxy) is 3. The second-order valence-corrected chi connectivity index (χ2v) is 10.4. The van der Waals surface area contributed by atoms with Crippen molar-refractivity contribution < 1.29 is 18.6 Å². The fourth-order valence-corrected chi connectivity index (χ4v) is 4.12. The lowest BCUT2D eigenvalue weighted by atomic mass is 10.1. The van der Waals surface area contributed by atoms with E-state index in [9.17, 15) is 4.79 Å². The van der Waals surface area contributed by atoms with Gasteiger partial charge in [-0.25, -0.2) is 4.79 Å². The average molecular weight is 513 g/mol. The maximum atomic E-state index is 12.9. The van der Waals surface area contributed by atoms with Crippen LogP contribution >= 0.6 is 0 Å². The van der Waals surface area contributed by atoms with Crippen LogP contribution in [0.15, 0.2) is 50.7 Å². The van der Waals surface area contributed by atoms with Crippen molar-refractivity contribution in [1.82, 2.24) is 0 Å². The molecule has 2 aromatic rings. The molecule has 0 amide bonds. The Morgan fingerprint density at radius 1 is 0.919 bits per heavy atom. The van der Waals surface area contributed by atoms with Crippen molar-refractivity contribution >= 4 is 11.0 Å². The summed E-state index contributed by atoms with van der Waals surface area (Å²) in [5, 5.41) is 0.717. The Kier molecular flexibility index (Phi) is 14.0. The summed E-state index contributed by atoms with van der Waals surface area (Å²) in [5.41, 5.74) is 2.45. The summed E-state index contributed by atoms with van der Waals surface area (Å²) in [5.74, 6) is 1.25. The third kappa shape index (κ3) is 11.5. The Bertz CT molecular complexity index is 1060. The van der Waals surface area contributed by atoms with Gasteiger partial charge < -0.3 is 18.6 Å². The predicted octanol–water partition coefficient (Wildman–Crippen LogP) is 9.17. The van der Waals surface area contributed by atoms with Gasteiger partial charge in [0.25, 0.3) is 0 Å². The second kappa shape index (κ2) is 16.9. The standard InChI is InChI=1S/C32H48O5/c1-7-8-9-10-11-12-13-14-21-34-30-28-19-18-27(36-25(4)5)23-29(28)37-32(33)31(30)35-22-20-26(6)17-15-16-24(2)3/h16,18-20,23,25H,7-15,17,21-22H2,1-6H3/b26-20+. The first-order valence-corrected chi connectivity index (χ1v) is 14.1. The molecule has 0 bridgehead atoms. The number of unbranched alkanes of at least 4 members (excludes halogenated alkanes) is 7. The fraction of sp³-hybridized carbons (Fsp3) is 0.594. The average Bonchev–Trinajstić information content (AvgIpc) is 2.83. The topological polar surface area (TPSA) is 57.9 Å². The van der Waals surface area contributed by atoms with Crippen LogP contribution < -0.4 is 19.8 Å². The highest BCUT2D eigenvalue weighted by molar-refractivity contribution is 5.86. The van der Waals surface area contributed by atoms with E-state index in [4.69, 9.17) is 18.6 Å². The van der Waals surface area contributed by atoms with E-state index < -0.39 is 5.63 Å². The van der Waals surface area contributed by atoms with Crippen molar-refractivity contribution in [2.45, 2.75) is 112 Å². The molecule has 0 aliphatic carbocycles. The molecule has 0 fully saturated rings. The SMILES string of the molecule is CCCCCCCCCCOc1c(OC/C=C(\C)CCC=C(C)C)c(=O)oc2cc(OC(C)C)ccc12. The summed E-state index contributed by atoms with van der Waals surface area (Å²) in [6, 6.07) is 5.51. The van der Waals surface area contributed by atoms with E-state index in [1.807, 2.05) is 32.1 Å². The molecule has 1 aromatic heterocycles. The van der Waals surface area contributed by atoms with Gasteiger partial charge >= 0.3 is 5.63 Å². The Balaban J connectivity index is 2.12. The van der Waals surface area contributed by atoms with Gasteiger partial charge in [-0.3, -0.25) is 0 Å². The van der Waals surface area contributed by atoms with Crippen LogP contribution in [0.4, 0.5) is 0 Å². The highest BCUT2D eigenvalue weighted by Gasteiger charge is 2.18. The predicted molar refractivity (Wildman–Crippen MR) is 154 cm³/mol. The Hall–Kier alpha value is -2.69. The van der Waals surface area contributed by atoms with Crippen LogP contribution in [0.2, 0.25) is 0 Å². The molecule has 0 atom stereocenters. The Morgan fingerprint density at radius 2 is 1.62 bits per heavy atom. The molecule has 5 nitrogen and oxygen atoms in total. The van der Waals surface area contributed by atoms with Crippen molar-refractivity contribution in [3.05, 3.63) is 51.9 Å². The van der Waals surface area contributed by atoms with E-state index in [1.54, 1.807) is 6.07 Å². The maximum Gasteiger partial charge on any atom is 0.383 e. The number of allylic oxidation sites excluding steroid dienone is 3. The van der Waals surface area contributed by atoms with E-state index >= 15 is 0 Å². The smallest absolute Gasteiger partial charge is 0.383 e. The first-order valence-electron chi connectivity index (χ1n) is 14.1. The highest BCUT2D eigenvalue weighted by Crippen LogP contribution is 2.35. The number of fused-ring (bicyclic) bond motifs is 1. The quantitative estimate of drug-likeness (QED) is 0.113. The van der Waals surface area contributed by atoms with Crippen LogP contribution in [0.25, 0.3) is 11.0 Å². The largest absolute Gasteiger partial charge is 0.491 e. The van der Waals surface area contributed by atoms with E-state index in [0.29, 0.717) is 30.3 Å². The van der Waals surface area contributed by atoms with Crippen molar-refractivity contribution in [3.63, 3.8) is 0 Å². The van der Waals surface area contributed by atoms with Gasteiger partial charge in [0.2, 0.25) is 5.75 Å². The molecule has 0 saturated heterocycles. The van der Waals surface area contributed by atoms with Gasteiger partial charge in [-0.15, -0.1) is 0 Å². The normalized spacial score (nSPS) is 11.7. The lowest BCUT2D eigenvalue weighted by Crippen LogP contribution is -2.11. The molecule has 0 N–H and O–H groups in total. The van der Waals surface area contributed by atoms with Crippen molar-refractivity contribution in [3.8, 4) is 17.2 Å². The summed E-state index contributed by atoms with van der Waals surface area (Å²) in [6.07, 6.45) is 16.0. The van der Waals surface area contributed by atoms with E-state index in [2.05, 4.69) is 33.8 Å². The molecule has 5 heteroatoms. The zero-order valence-electron chi connectivity index (χ0n) is 24.0. The molecule has 37 heavy (non-hydrogen) atoms. The number of hydrogen-bond acceptors (Lipinski definition) is 5. The van der Waals surface area contributed by atoms with Crippen LogP contribution in [0, 0.1) is 0 Å². The molecule has 0 aliphatic rings. The van der Waals surface area contributed by atoms with E-state index in [-0.39, 0.29) is 11.9 Å². The maximum absolute atomic E-state index is 12.9. The second-order valence-electron chi connectivity index (χ2n) is 10.4. The molecular weight excluding hydrogens is 464 g/mol. The third-order valence-electron chi connectivity index (χ3n) is 6.16. The first kappa shape index (κ1) is 30.5. The molecule has 2 rings (SSSR count). The van der Waals surface area contributed by atoms with Crippen LogP contribution in [0.1, 0.15) is 106 Å². The van der Waals surface area contributed by atoms with Gasteiger partial charge in [0.15, 0.2) is 5.75 Å². The molecule has 0 aliphatic heterocycles. The monoisotopic (exact) mass is 512 g/mol. The highest BCUT2D eigenvalue weighted by atomic mass is 16.5. The van der Waals surface area contributed by atoms with E-state index in [1.165, 1.54) is 49.7 Å². The molecular formula is C32H48O5. The van der Waals surface area contributed by atoms with Crippen LogP contribution in [0.3, 0.4) is 0 Å². The Morgan fingerprint density at radius 3 is 2.30 bits per heavy atom. The fourth-order valence-electron chi connectivity index (χ4n) is 4.12. The van der Waals surface area contributed by atoms with Gasteiger partial charge in [0.1, 0.15) is 17.9 Å². The van der Waals surface area contributed by atoms with Gasteiger partial charge in [0, 0.05) is 6.07 Å². The van der Waals surface area contributed by atoms with Gasteiger partial charge in [-0.05, 0) is 72.1 Å². The summed E-state index contributed by atoms with van der Waals surface area (Å²) in [4.78, 5) is 12.9. The number of hydrogen-bond donors (Lipinski definition) is 0. The van der Waals surface area contributed by atoms with Crippen molar-refractivity contribution in [1.29, 1.82) is 0 Å². The molecule has 1 aromatic carbocycles. The lowest BCUT2D eigenvalue weighted by molar-refractivity contribution is 0.242. The summed E-state index contributed by atoms with van der Waals surface area (Å²) in [7, 11) is 0.